The molecule has 8 heteroatoms. The second-order valence-electron chi connectivity index (χ2n) is 3.93. The van der Waals surface area contributed by atoms with Gasteiger partial charge in [-0.05, 0) is 34.5 Å². The van der Waals surface area contributed by atoms with Crippen molar-refractivity contribution in [1.82, 2.24) is 0 Å². The standard InChI is InChI=1S/C12H12Br2ClF3O2/c1-19-11-8(4-7(15)5-10(11)14)9(13)2-3-20-6-12(16,17)18/h4-5,9H,2-3,6H2,1H3. The van der Waals surface area contributed by atoms with Gasteiger partial charge in [0.1, 0.15) is 12.4 Å². The number of hydrogen-bond acceptors (Lipinski definition) is 2. The molecule has 1 aromatic rings. The molecule has 1 rings (SSSR count). The summed E-state index contributed by atoms with van der Waals surface area (Å²) in [4.78, 5) is -0.222. The number of hydrogen-bond donors (Lipinski definition) is 0. The fraction of sp³-hybridized carbons (Fsp3) is 0.500. The second-order valence-corrected chi connectivity index (χ2v) is 6.33. The van der Waals surface area contributed by atoms with E-state index < -0.39 is 12.8 Å². The first-order chi connectivity index (χ1) is 9.24. The third kappa shape index (κ3) is 5.79. The Morgan fingerprint density at radius 2 is 2.00 bits per heavy atom. The van der Waals surface area contributed by atoms with Gasteiger partial charge < -0.3 is 9.47 Å². The number of ether oxygens (including phenoxy) is 2. The molecule has 114 valence electrons. The highest BCUT2D eigenvalue weighted by molar-refractivity contribution is 9.10. The minimum Gasteiger partial charge on any atom is -0.495 e. The van der Waals surface area contributed by atoms with E-state index >= 15 is 0 Å². The predicted molar refractivity (Wildman–Crippen MR) is 78.9 cm³/mol. The number of halogens is 6. The molecule has 0 spiro atoms. The fourth-order valence-electron chi connectivity index (χ4n) is 1.56. The van der Waals surface area contributed by atoms with E-state index in [0.29, 0.717) is 21.7 Å². The lowest BCUT2D eigenvalue weighted by molar-refractivity contribution is -0.174. The van der Waals surface area contributed by atoms with Crippen molar-refractivity contribution < 1.29 is 22.6 Å². The minimum absolute atomic E-state index is 0.0251. The van der Waals surface area contributed by atoms with E-state index in [1.54, 1.807) is 12.1 Å². The third-order valence-corrected chi connectivity index (χ3v) is 4.12. The van der Waals surface area contributed by atoms with Crippen molar-refractivity contribution in [2.45, 2.75) is 17.4 Å². The average Bonchev–Trinajstić information content (AvgIpc) is 2.32. The molecule has 0 fully saturated rings. The highest BCUT2D eigenvalue weighted by Crippen LogP contribution is 2.40. The van der Waals surface area contributed by atoms with Crippen LogP contribution >= 0.6 is 43.5 Å². The third-order valence-electron chi connectivity index (χ3n) is 2.36. The van der Waals surface area contributed by atoms with E-state index in [0.717, 1.165) is 5.56 Å². The van der Waals surface area contributed by atoms with Crippen LogP contribution in [-0.2, 0) is 4.74 Å². The van der Waals surface area contributed by atoms with Crippen LogP contribution in [0, 0.1) is 0 Å². The van der Waals surface area contributed by atoms with Crippen molar-refractivity contribution >= 4 is 43.5 Å². The van der Waals surface area contributed by atoms with Gasteiger partial charge in [0.25, 0.3) is 0 Å². The smallest absolute Gasteiger partial charge is 0.411 e. The maximum atomic E-state index is 11.9. The number of benzene rings is 1. The van der Waals surface area contributed by atoms with Crippen molar-refractivity contribution in [1.29, 1.82) is 0 Å². The lowest BCUT2D eigenvalue weighted by atomic mass is 10.1. The maximum absolute atomic E-state index is 11.9. The summed E-state index contributed by atoms with van der Waals surface area (Å²) in [7, 11) is 1.51. The molecule has 0 radical (unpaired) electrons. The van der Waals surface area contributed by atoms with Gasteiger partial charge in [-0.25, -0.2) is 0 Å². The van der Waals surface area contributed by atoms with Crippen LogP contribution in [0.3, 0.4) is 0 Å². The Hall–Kier alpha value is 0.0200. The van der Waals surface area contributed by atoms with Crippen LogP contribution in [-0.4, -0.2) is 26.5 Å². The summed E-state index contributed by atoms with van der Waals surface area (Å²) < 4.78 is 46.4. The quantitative estimate of drug-likeness (QED) is 0.429. The Labute approximate surface area is 136 Å². The molecule has 0 N–H and O–H groups in total. The fourth-order valence-corrected chi connectivity index (χ4v) is 3.08. The van der Waals surface area contributed by atoms with Crippen molar-refractivity contribution in [2.75, 3.05) is 20.3 Å². The first-order valence-electron chi connectivity index (χ1n) is 5.56. The molecule has 0 aliphatic carbocycles. The summed E-state index contributed by atoms with van der Waals surface area (Å²) in [5, 5.41) is 0.508. The van der Waals surface area contributed by atoms with Gasteiger partial charge in [-0.2, -0.15) is 13.2 Å². The first-order valence-corrected chi connectivity index (χ1v) is 7.64. The Morgan fingerprint density at radius 1 is 1.35 bits per heavy atom. The number of alkyl halides is 4. The van der Waals surface area contributed by atoms with Gasteiger partial charge in [-0.15, -0.1) is 0 Å². The zero-order valence-electron chi connectivity index (χ0n) is 10.4. The Kier molecular flexibility index (Phi) is 7.11. The summed E-state index contributed by atoms with van der Waals surface area (Å²) in [6.07, 6.45) is -3.95. The molecule has 0 bridgehead atoms. The van der Waals surface area contributed by atoms with Crippen LogP contribution in [0.15, 0.2) is 16.6 Å². The average molecular weight is 440 g/mol. The second kappa shape index (κ2) is 7.87. The van der Waals surface area contributed by atoms with E-state index in [1.165, 1.54) is 7.11 Å². The zero-order valence-corrected chi connectivity index (χ0v) is 14.4. The highest BCUT2D eigenvalue weighted by atomic mass is 79.9. The van der Waals surface area contributed by atoms with Gasteiger partial charge in [0.15, 0.2) is 0 Å². The Morgan fingerprint density at radius 3 is 2.55 bits per heavy atom. The molecular formula is C12H12Br2ClF3O2. The SMILES string of the molecule is COc1c(Br)cc(Cl)cc1C(Br)CCOCC(F)(F)F. The zero-order chi connectivity index (χ0) is 15.3. The van der Waals surface area contributed by atoms with Gasteiger partial charge in [0, 0.05) is 22.0 Å². The lowest BCUT2D eigenvalue weighted by Crippen LogP contribution is -2.17. The largest absolute Gasteiger partial charge is 0.495 e. The van der Waals surface area contributed by atoms with Gasteiger partial charge in [0.05, 0.1) is 11.6 Å². The summed E-state index contributed by atoms with van der Waals surface area (Å²) in [5.41, 5.74) is 0.752. The van der Waals surface area contributed by atoms with Gasteiger partial charge >= 0.3 is 6.18 Å². The molecule has 2 nitrogen and oxygen atoms in total. The molecule has 1 aromatic carbocycles. The predicted octanol–water partition coefficient (Wildman–Crippen LogP) is 5.52. The maximum Gasteiger partial charge on any atom is 0.411 e. The highest BCUT2D eigenvalue weighted by Gasteiger charge is 2.27. The Bertz CT molecular complexity index is 455. The summed E-state index contributed by atoms with van der Waals surface area (Å²) in [5.74, 6) is 0.590. The van der Waals surface area contributed by atoms with Gasteiger partial charge in [-0.3, -0.25) is 0 Å². The molecule has 0 aromatic heterocycles. The molecule has 0 saturated carbocycles. The lowest BCUT2D eigenvalue weighted by Gasteiger charge is -2.16. The van der Waals surface area contributed by atoms with Crippen LogP contribution in [0.25, 0.3) is 0 Å². The van der Waals surface area contributed by atoms with Crippen molar-refractivity contribution in [3.63, 3.8) is 0 Å². The van der Waals surface area contributed by atoms with E-state index in [2.05, 4.69) is 36.6 Å². The molecule has 0 aliphatic heterocycles. The van der Waals surface area contributed by atoms with Crippen LogP contribution in [0.2, 0.25) is 5.02 Å². The molecule has 0 aliphatic rings. The molecule has 0 heterocycles. The van der Waals surface area contributed by atoms with Crippen molar-refractivity contribution in [3.8, 4) is 5.75 Å². The molecule has 0 saturated heterocycles. The Balaban J connectivity index is 2.65. The van der Waals surface area contributed by atoms with Crippen LogP contribution in [0.5, 0.6) is 5.75 Å². The van der Waals surface area contributed by atoms with Gasteiger partial charge in [-0.1, -0.05) is 27.5 Å². The van der Waals surface area contributed by atoms with Crippen LogP contribution < -0.4 is 4.74 Å². The molecular weight excluding hydrogens is 428 g/mol. The normalized spacial score (nSPS) is 13.3. The van der Waals surface area contributed by atoms with E-state index in [9.17, 15) is 13.2 Å². The molecule has 0 amide bonds. The van der Waals surface area contributed by atoms with Crippen molar-refractivity contribution in [3.05, 3.63) is 27.2 Å². The summed E-state index contributed by atoms with van der Waals surface area (Å²) in [6.45, 7) is -1.27. The summed E-state index contributed by atoms with van der Waals surface area (Å²) >= 11 is 12.7. The monoisotopic (exact) mass is 438 g/mol. The minimum atomic E-state index is -4.31. The molecule has 1 atom stereocenters. The van der Waals surface area contributed by atoms with E-state index in [1.807, 2.05) is 0 Å². The molecule has 20 heavy (non-hydrogen) atoms. The molecule has 1 unspecified atom stereocenters. The van der Waals surface area contributed by atoms with E-state index in [4.69, 9.17) is 16.3 Å². The van der Waals surface area contributed by atoms with Gasteiger partial charge in [0.2, 0.25) is 0 Å². The van der Waals surface area contributed by atoms with Crippen molar-refractivity contribution in [2.24, 2.45) is 0 Å². The summed E-state index contributed by atoms with van der Waals surface area (Å²) in [6, 6.07) is 3.39. The van der Waals surface area contributed by atoms with Crippen LogP contribution in [0.1, 0.15) is 16.8 Å². The first kappa shape index (κ1) is 18.1. The topological polar surface area (TPSA) is 18.5 Å². The number of rotatable bonds is 6. The van der Waals surface area contributed by atoms with Crippen LogP contribution in [0.4, 0.5) is 13.2 Å². The van der Waals surface area contributed by atoms with E-state index in [-0.39, 0.29) is 11.4 Å². The number of methoxy groups -OCH3 is 1.